The Hall–Kier alpha value is -8.92. The van der Waals surface area contributed by atoms with Gasteiger partial charge < -0.3 is 13.7 Å². The molecule has 0 saturated heterocycles. The number of rotatable bonds is 7. The van der Waals surface area contributed by atoms with E-state index in [0.717, 1.165) is 83.2 Å². The quantitative estimate of drug-likeness (QED) is 0.160. The van der Waals surface area contributed by atoms with Crippen LogP contribution < -0.4 is 4.90 Å². The van der Waals surface area contributed by atoms with Crippen molar-refractivity contribution in [3.8, 4) is 33.4 Å². The van der Waals surface area contributed by atoms with Gasteiger partial charge in [-0.15, -0.1) is 0 Å². The minimum atomic E-state index is -0.593. The van der Waals surface area contributed by atoms with E-state index in [9.17, 15) is 0 Å². The van der Waals surface area contributed by atoms with Crippen LogP contribution in [0.15, 0.2) is 258 Å². The zero-order chi connectivity index (χ0) is 44.8. The molecular weight excluding hydrogens is 827 g/mol. The average Bonchev–Trinajstić information content (AvgIpc) is 4.08. The average molecular weight is 868 g/mol. The van der Waals surface area contributed by atoms with Crippen molar-refractivity contribution in [2.45, 2.75) is 5.41 Å². The maximum absolute atomic E-state index is 6.51. The number of furan rings is 2. The van der Waals surface area contributed by atoms with Gasteiger partial charge >= 0.3 is 0 Å². The van der Waals surface area contributed by atoms with Gasteiger partial charge in [0, 0.05) is 44.2 Å². The fraction of sp³-hybridized carbons (Fsp3) is 0.0154. The van der Waals surface area contributed by atoms with E-state index < -0.39 is 5.41 Å². The highest BCUT2D eigenvalue weighted by Crippen LogP contribution is 2.58. The molecule has 0 saturated carbocycles. The fourth-order valence-corrected chi connectivity index (χ4v) is 11.3. The van der Waals surface area contributed by atoms with Gasteiger partial charge in [0.05, 0.1) is 5.41 Å². The van der Waals surface area contributed by atoms with E-state index in [1.54, 1.807) is 0 Å². The van der Waals surface area contributed by atoms with E-state index in [1.165, 1.54) is 44.2 Å². The first-order valence-electron chi connectivity index (χ1n) is 23.3. The van der Waals surface area contributed by atoms with Crippen LogP contribution in [0, 0.1) is 0 Å². The first-order valence-corrected chi connectivity index (χ1v) is 23.3. The molecular formula is C65H41NO2. The van der Waals surface area contributed by atoms with Crippen LogP contribution in [0.25, 0.3) is 88.0 Å². The molecule has 0 aliphatic heterocycles. The number of anilines is 3. The Morgan fingerprint density at radius 1 is 0.294 bits per heavy atom. The predicted octanol–water partition coefficient (Wildman–Crippen LogP) is 17.8. The van der Waals surface area contributed by atoms with Gasteiger partial charge in [0.15, 0.2) is 0 Å². The van der Waals surface area contributed by atoms with Crippen LogP contribution in [-0.2, 0) is 5.41 Å². The first kappa shape index (κ1) is 38.4. The Balaban J connectivity index is 0.954. The van der Waals surface area contributed by atoms with Crippen molar-refractivity contribution < 1.29 is 8.83 Å². The molecule has 0 unspecified atom stereocenters. The maximum Gasteiger partial charge on any atom is 0.143 e. The summed E-state index contributed by atoms with van der Waals surface area (Å²) in [6, 6.07) is 90.3. The van der Waals surface area contributed by atoms with Gasteiger partial charge in [-0.3, -0.25) is 0 Å². The number of fused-ring (bicyclic) bond motifs is 10. The standard InChI is InChI=1S/C65H41NO2/c1-2-18-50-43(14-1)15-11-27-58(50)65(59-25-7-3-19-52(59)53-20-4-8-26-60(53)65)46-16-12-17-49(41-46)66(47-35-30-42(31-36-47)45-34-39-63-57(40-45)55-22-6-9-28-61(55)67-63)48-37-32-44(33-38-48)51-23-13-24-56-54-21-5-10-29-62(54)68-64(51)56/h1-41H. The lowest BCUT2D eigenvalue weighted by molar-refractivity contribution is 0.669. The van der Waals surface area contributed by atoms with Crippen molar-refractivity contribution >= 4 is 71.7 Å². The number of hydrogen-bond donors (Lipinski definition) is 0. The van der Waals surface area contributed by atoms with Crippen LogP contribution >= 0.6 is 0 Å². The van der Waals surface area contributed by atoms with Crippen LogP contribution in [-0.4, -0.2) is 0 Å². The summed E-state index contributed by atoms with van der Waals surface area (Å²) in [5.41, 5.74) is 18.2. The highest BCUT2D eigenvalue weighted by atomic mass is 16.3. The number of hydrogen-bond acceptors (Lipinski definition) is 3. The van der Waals surface area contributed by atoms with E-state index in [1.807, 2.05) is 24.3 Å². The molecule has 0 bridgehead atoms. The summed E-state index contributed by atoms with van der Waals surface area (Å²) in [5, 5.41) is 6.96. The van der Waals surface area contributed by atoms with Gasteiger partial charge in [0.2, 0.25) is 0 Å². The summed E-state index contributed by atoms with van der Waals surface area (Å²) >= 11 is 0. The molecule has 2 aromatic heterocycles. The van der Waals surface area contributed by atoms with E-state index in [2.05, 4.69) is 229 Å². The van der Waals surface area contributed by atoms with Crippen molar-refractivity contribution in [1.29, 1.82) is 0 Å². The summed E-state index contributed by atoms with van der Waals surface area (Å²) in [6.07, 6.45) is 0. The number of nitrogens with zero attached hydrogens (tertiary/aromatic N) is 1. The third kappa shape index (κ3) is 5.72. The second kappa shape index (κ2) is 15.1. The molecule has 0 radical (unpaired) electrons. The molecule has 318 valence electrons. The Morgan fingerprint density at radius 3 is 1.56 bits per heavy atom. The van der Waals surface area contributed by atoms with Crippen molar-refractivity contribution in [3.05, 3.63) is 271 Å². The molecule has 3 nitrogen and oxygen atoms in total. The van der Waals surface area contributed by atoms with Gasteiger partial charge in [-0.2, -0.15) is 0 Å². The van der Waals surface area contributed by atoms with Crippen LogP contribution in [0.5, 0.6) is 0 Å². The Kier molecular flexibility index (Phi) is 8.50. The normalized spacial score (nSPS) is 12.8. The van der Waals surface area contributed by atoms with Crippen molar-refractivity contribution in [2.75, 3.05) is 4.90 Å². The molecule has 0 spiro atoms. The van der Waals surface area contributed by atoms with Crippen LogP contribution in [0.2, 0.25) is 0 Å². The Bertz CT molecular complexity index is 4050. The fourth-order valence-electron chi connectivity index (χ4n) is 11.3. The summed E-state index contributed by atoms with van der Waals surface area (Å²) in [4.78, 5) is 2.40. The lowest BCUT2D eigenvalue weighted by Gasteiger charge is -2.36. The Labute approximate surface area is 393 Å². The lowest BCUT2D eigenvalue weighted by Crippen LogP contribution is -2.29. The summed E-state index contributed by atoms with van der Waals surface area (Å²) in [5.74, 6) is 0. The molecule has 3 heteroatoms. The highest BCUT2D eigenvalue weighted by Gasteiger charge is 2.47. The van der Waals surface area contributed by atoms with Crippen molar-refractivity contribution in [1.82, 2.24) is 0 Å². The molecule has 68 heavy (non-hydrogen) atoms. The zero-order valence-corrected chi connectivity index (χ0v) is 36.9. The third-order valence-electron chi connectivity index (χ3n) is 14.4. The molecule has 14 rings (SSSR count). The number of benzene rings is 11. The van der Waals surface area contributed by atoms with Gasteiger partial charge in [-0.1, -0.05) is 188 Å². The summed E-state index contributed by atoms with van der Waals surface area (Å²) in [6.45, 7) is 0. The first-order chi connectivity index (χ1) is 33.7. The molecule has 0 atom stereocenters. The molecule has 11 aromatic carbocycles. The molecule has 1 aliphatic rings. The second-order valence-electron chi connectivity index (χ2n) is 17.9. The molecule has 1 aliphatic carbocycles. The zero-order valence-electron chi connectivity index (χ0n) is 36.9. The Morgan fingerprint density at radius 2 is 0.809 bits per heavy atom. The number of para-hydroxylation sites is 3. The highest BCUT2D eigenvalue weighted by molar-refractivity contribution is 6.10. The lowest BCUT2D eigenvalue weighted by atomic mass is 9.66. The van der Waals surface area contributed by atoms with E-state index in [4.69, 9.17) is 8.83 Å². The van der Waals surface area contributed by atoms with E-state index >= 15 is 0 Å². The third-order valence-corrected chi connectivity index (χ3v) is 14.4. The molecule has 2 heterocycles. The van der Waals surface area contributed by atoms with Gasteiger partial charge in [0.25, 0.3) is 0 Å². The van der Waals surface area contributed by atoms with E-state index in [-0.39, 0.29) is 0 Å². The SMILES string of the molecule is c1cc(N(c2ccc(-c3ccc4oc5ccccc5c4c3)cc2)c2ccc(-c3cccc4c3oc3ccccc34)cc2)cc(C2(c3cccc4ccccc34)c3ccccc3-c3ccccc32)c1. The minimum Gasteiger partial charge on any atom is -0.456 e. The van der Waals surface area contributed by atoms with Gasteiger partial charge in [-0.25, -0.2) is 0 Å². The van der Waals surface area contributed by atoms with Gasteiger partial charge in [-0.05, 0) is 122 Å². The van der Waals surface area contributed by atoms with Crippen LogP contribution in [0.3, 0.4) is 0 Å². The predicted molar refractivity (Wildman–Crippen MR) is 281 cm³/mol. The summed E-state index contributed by atoms with van der Waals surface area (Å²) < 4.78 is 12.7. The van der Waals surface area contributed by atoms with Gasteiger partial charge in [0.1, 0.15) is 22.3 Å². The van der Waals surface area contributed by atoms with Crippen molar-refractivity contribution in [3.63, 3.8) is 0 Å². The van der Waals surface area contributed by atoms with Crippen LogP contribution in [0.1, 0.15) is 22.3 Å². The second-order valence-corrected chi connectivity index (χ2v) is 17.9. The monoisotopic (exact) mass is 867 g/mol. The topological polar surface area (TPSA) is 29.5 Å². The largest absolute Gasteiger partial charge is 0.456 e. The maximum atomic E-state index is 6.51. The smallest absolute Gasteiger partial charge is 0.143 e. The minimum absolute atomic E-state index is 0.593. The molecule has 0 amide bonds. The summed E-state index contributed by atoms with van der Waals surface area (Å²) in [7, 11) is 0. The van der Waals surface area contributed by atoms with Crippen molar-refractivity contribution in [2.24, 2.45) is 0 Å². The molecule has 0 fully saturated rings. The molecule has 0 N–H and O–H groups in total. The molecule has 13 aromatic rings. The van der Waals surface area contributed by atoms with Crippen LogP contribution in [0.4, 0.5) is 17.1 Å². The van der Waals surface area contributed by atoms with E-state index in [0.29, 0.717) is 0 Å².